The fourth-order valence-electron chi connectivity index (χ4n) is 3.65. The van der Waals surface area contributed by atoms with E-state index in [4.69, 9.17) is 0 Å². The van der Waals surface area contributed by atoms with Gasteiger partial charge in [-0.2, -0.15) is 0 Å². The van der Waals surface area contributed by atoms with Crippen LogP contribution in [0.5, 0.6) is 0 Å². The van der Waals surface area contributed by atoms with Gasteiger partial charge in [0.25, 0.3) is 11.7 Å². The van der Waals surface area contributed by atoms with E-state index < -0.39 is 11.7 Å². The Morgan fingerprint density at radius 3 is 2.57 bits per heavy atom. The molecule has 0 aliphatic carbocycles. The molecule has 0 aliphatic heterocycles. The van der Waals surface area contributed by atoms with Crippen LogP contribution in [0.4, 0.5) is 5.69 Å². The van der Waals surface area contributed by atoms with Gasteiger partial charge in [-0.15, -0.1) is 0 Å². The molecule has 1 N–H and O–H groups in total. The van der Waals surface area contributed by atoms with E-state index in [0.717, 1.165) is 22.2 Å². The van der Waals surface area contributed by atoms with E-state index in [1.54, 1.807) is 12.4 Å². The second kappa shape index (κ2) is 7.33. The fourth-order valence-corrected chi connectivity index (χ4v) is 3.65. The number of amides is 1. The van der Waals surface area contributed by atoms with Gasteiger partial charge in [0.15, 0.2) is 0 Å². The third-order valence-corrected chi connectivity index (χ3v) is 5.15. The number of Topliss-reactive ketones (excluding diaryl/α,β-unsaturated/α-hetero) is 1. The van der Waals surface area contributed by atoms with Crippen LogP contribution in [0, 0.1) is 0 Å². The molecule has 0 unspecified atom stereocenters. The Morgan fingerprint density at radius 2 is 1.70 bits per heavy atom. The maximum absolute atomic E-state index is 13.4. The quantitative estimate of drug-likeness (QED) is 0.358. The number of carbonyl (C=O) groups is 2. The molecular weight excluding hydrogens is 376 g/mol. The van der Waals surface area contributed by atoms with Gasteiger partial charge in [0.2, 0.25) is 0 Å². The lowest BCUT2D eigenvalue weighted by Crippen LogP contribution is -2.36. The van der Waals surface area contributed by atoms with Gasteiger partial charge in [-0.1, -0.05) is 42.5 Å². The average Bonchev–Trinajstić information content (AvgIpc) is 3.41. The highest BCUT2D eigenvalue weighted by molar-refractivity contribution is 6.48. The molecule has 0 atom stereocenters. The number of nitrogens with zero attached hydrogens (tertiary/aromatic N) is 3. The number of H-pyrrole nitrogens is 1. The summed E-state index contributed by atoms with van der Waals surface area (Å²) in [4.78, 5) is 35.5. The second-order valence-electron chi connectivity index (χ2n) is 6.98. The standard InChI is InChI=1S/C24H18N4O2/c29-23(20-15-25-21-11-5-4-10-19(20)21)24(30)28(17-8-2-1-3-9-17)16-18-14-26-22-12-6-7-13-27(18)22/h1-15,25H,16H2. The van der Waals surface area contributed by atoms with Gasteiger partial charge in [0, 0.05) is 29.0 Å². The SMILES string of the molecule is O=C(C(=O)N(Cc1cnc2ccccn12)c1ccccc1)c1c[nH]c2ccccc12. The molecule has 146 valence electrons. The smallest absolute Gasteiger partial charge is 0.299 e. The van der Waals surface area contributed by atoms with Crippen molar-refractivity contribution in [3.8, 4) is 0 Å². The molecule has 0 saturated heterocycles. The summed E-state index contributed by atoms with van der Waals surface area (Å²) < 4.78 is 1.92. The van der Waals surface area contributed by atoms with Crippen LogP contribution in [0.1, 0.15) is 16.1 Å². The lowest BCUT2D eigenvalue weighted by molar-refractivity contribution is -0.114. The van der Waals surface area contributed by atoms with Gasteiger partial charge in [-0.3, -0.25) is 14.5 Å². The number of carbonyl (C=O) groups excluding carboxylic acids is 2. The van der Waals surface area contributed by atoms with E-state index in [1.807, 2.05) is 83.4 Å². The summed E-state index contributed by atoms with van der Waals surface area (Å²) in [6.45, 7) is 0.224. The minimum atomic E-state index is -0.586. The third kappa shape index (κ3) is 3.04. The van der Waals surface area contributed by atoms with E-state index in [9.17, 15) is 9.59 Å². The van der Waals surface area contributed by atoms with E-state index in [0.29, 0.717) is 11.3 Å². The lowest BCUT2D eigenvalue weighted by Gasteiger charge is -2.22. The van der Waals surface area contributed by atoms with Crippen LogP contribution >= 0.6 is 0 Å². The largest absolute Gasteiger partial charge is 0.360 e. The Hall–Kier alpha value is -4.19. The summed E-state index contributed by atoms with van der Waals surface area (Å²) in [6.07, 6.45) is 5.23. The Morgan fingerprint density at radius 1 is 0.933 bits per heavy atom. The molecule has 3 heterocycles. The summed E-state index contributed by atoms with van der Waals surface area (Å²) in [6, 6.07) is 22.4. The molecule has 0 spiro atoms. The van der Waals surface area contributed by atoms with E-state index in [2.05, 4.69) is 9.97 Å². The van der Waals surface area contributed by atoms with Crippen LogP contribution in [-0.4, -0.2) is 26.1 Å². The topological polar surface area (TPSA) is 70.5 Å². The van der Waals surface area contributed by atoms with Crippen LogP contribution in [-0.2, 0) is 11.3 Å². The van der Waals surface area contributed by atoms with Crippen molar-refractivity contribution in [1.82, 2.24) is 14.4 Å². The van der Waals surface area contributed by atoms with Crippen LogP contribution in [0.2, 0.25) is 0 Å². The molecule has 1 amide bonds. The summed E-state index contributed by atoms with van der Waals surface area (Å²) in [5.74, 6) is -1.14. The predicted molar refractivity (Wildman–Crippen MR) is 115 cm³/mol. The van der Waals surface area contributed by atoms with Crippen molar-refractivity contribution >= 4 is 33.9 Å². The first-order valence-electron chi connectivity index (χ1n) is 9.61. The van der Waals surface area contributed by atoms with Crippen LogP contribution < -0.4 is 4.90 Å². The van der Waals surface area contributed by atoms with Gasteiger partial charge in [-0.25, -0.2) is 4.98 Å². The van der Waals surface area contributed by atoms with Gasteiger partial charge >= 0.3 is 0 Å². The van der Waals surface area contributed by atoms with Gasteiger partial charge in [0.05, 0.1) is 24.0 Å². The predicted octanol–water partition coefficient (Wildman–Crippen LogP) is 4.23. The highest BCUT2D eigenvalue weighted by atomic mass is 16.2. The number of anilines is 1. The van der Waals surface area contributed by atoms with Crippen molar-refractivity contribution in [2.24, 2.45) is 0 Å². The molecule has 2 aromatic carbocycles. The first-order valence-corrected chi connectivity index (χ1v) is 9.61. The number of imidazole rings is 1. The molecule has 0 bridgehead atoms. The number of fused-ring (bicyclic) bond motifs is 2. The van der Waals surface area contributed by atoms with E-state index >= 15 is 0 Å². The molecule has 0 aliphatic rings. The lowest BCUT2D eigenvalue weighted by atomic mass is 10.1. The molecule has 0 saturated carbocycles. The maximum atomic E-state index is 13.4. The number of benzene rings is 2. The highest BCUT2D eigenvalue weighted by Crippen LogP contribution is 2.23. The molecule has 30 heavy (non-hydrogen) atoms. The van der Waals surface area contributed by atoms with Crippen molar-refractivity contribution in [3.05, 3.63) is 103 Å². The molecule has 6 heteroatoms. The van der Waals surface area contributed by atoms with Gasteiger partial charge in [0.1, 0.15) is 5.65 Å². The first-order chi connectivity index (χ1) is 14.7. The third-order valence-electron chi connectivity index (χ3n) is 5.15. The molecule has 3 aromatic heterocycles. The zero-order valence-electron chi connectivity index (χ0n) is 16.0. The van der Waals surface area contributed by atoms with Crippen LogP contribution in [0.3, 0.4) is 0 Å². The monoisotopic (exact) mass is 394 g/mol. The molecule has 5 rings (SSSR count). The fraction of sp³-hybridized carbons (Fsp3) is 0.0417. The highest BCUT2D eigenvalue weighted by Gasteiger charge is 2.27. The van der Waals surface area contributed by atoms with Crippen molar-refractivity contribution in [3.63, 3.8) is 0 Å². The van der Waals surface area contributed by atoms with E-state index in [1.165, 1.54) is 4.90 Å². The average molecular weight is 394 g/mol. The van der Waals surface area contributed by atoms with Crippen molar-refractivity contribution < 1.29 is 9.59 Å². The molecule has 0 radical (unpaired) electrons. The number of pyridine rings is 1. The maximum Gasteiger partial charge on any atom is 0.299 e. The Kier molecular flexibility index (Phi) is 4.37. The zero-order chi connectivity index (χ0) is 20.5. The second-order valence-corrected chi connectivity index (χ2v) is 6.98. The summed E-state index contributed by atoms with van der Waals surface area (Å²) >= 11 is 0. The number of nitrogens with one attached hydrogen (secondary N) is 1. The minimum absolute atomic E-state index is 0.224. The number of para-hydroxylation sites is 2. The Balaban J connectivity index is 1.55. The van der Waals surface area contributed by atoms with Crippen molar-refractivity contribution in [2.45, 2.75) is 6.54 Å². The summed E-state index contributed by atoms with van der Waals surface area (Å²) in [5.41, 5.74) is 3.45. The zero-order valence-corrected chi connectivity index (χ0v) is 16.0. The minimum Gasteiger partial charge on any atom is -0.360 e. The number of hydrogen-bond acceptors (Lipinski definition) is 3. The number of aromatic nitrogens is 3. The van der Waals surface area contributed by atoms with Gasteiger partial charge < -0.3 is 9.38 Å². The van der Waals surface area contributed by atoms with Crippen molar-refractivity contribution in [1.29, 1.82) is 0 Å². The van der Waals surface area contributed by atoms with Crippen LogP contribution in [0.15, 0.2) is 91.4 Å². The molecule has 0 fully saturated rings. The Bertz CT molecular complexity index is 1370. The summed E-state index contributed by atoms with van der Waals surface area (Å²) in [7, 11) is 0. The van der Waals surface area contributed by atoms with Crippen LogP contribution in [0.25, 0.3) is 16.6 Å². The molecular formula is C24H18N4O2. The normalized spacial score (nSPS) is 11.1. The number of rotatable bonds is 5. The Labute approximate surface area is 172 Å². The summed E-state index contributed by atoms with van der Waals surface area (Å²) in [5, 5.41) is 0.735. The number of ketones is 1. The first kappa shape index (κ1) is 17.9. The van der Waals surface area contributed by atoms with Crippen molar-refractivity contribution in [2.75, 3.05) is 4.90 Å². The number of aromatic amines is 1. The van der Waals surface area contributed by atoms with E-state index in [-0.39, 0.29) is 6.54 Å². The molecule has 6 nitrogen and oxygen atoms in total. The number of hydrogen-bond donors (Lipinski definition) is 1. The molecule has 5 aromatic rings. The van der Waals surface area contributed by atoms with Gasteiger partial charge in [-0.05, 0) is 30.3 Å².